The highest BCUT2D eigenvalue weighted by molar-refractivity contribution is 7.14. The van der Waals surface area contributed by atoms with Gasteiger partial charge in [-0.25, -0.2) is 4.98 Å². The molecule has 0 radical (unpaired) electrons. The maximum Gasteiger partial charge on any atom is 0.258 e. The fraction of sp³-hybridized carbons (Fsp3) is 0.353. The number of ether oxygens (including phenoxy) is 1. The number of carbonyl (C=O) groups excluding carboxylic acids is 2. The lowest BCUT2D eigenvalue weighted by molar-refractivity contribution is -0.128. The highest BCUT2D eigenvalue weighted by Crippen LogP contribution is 2.40. The number of amides is 2. The SMILES string of the molecule is COC1(C(=O)Nc2nc(-c3ccc4c(c3)CCC(=O)N4)cs2)CC1. The third kappa shape index (κ3) is 2.70. The van der Waals surface area contributed by atoms with Crippen molar-refractivity contribution < 1.29 is 14.3 Å². The molecule has 2 aromatic rings. The van der Waals surface area contributed by atoms with E-state index in [1.165, 1.54) is 11.3 Å². The van der Waals surface area contributed by atoms with Crippen molar-refractivity contribution in [2.75, 3.05) is 17.7 Å². The van der Waals surface area contributed by atoms with Crippen molar-refractivity contribution in [2.24, 2.45) is 0 Å². The van der Waals surface area contributed by atoms with Crippen LogP contribution in [0.15, 0.2) is 23.6 Å². The number of methoxy groups -OCH3 is 1. The highest BCUT2D eigenvalue weighted by Gasteiger charge is 2.50. The minimum atomic E-state index is -0.657. The van der Waals surface area contributed by atoms with E-state index in [4.69, 9.17) is 4.74 Å². The number of aryl methyl sites for hydroxylation is 1. The Bertz CT molecular complexity index is 826. The summed E-state index contributed by atoms with van der Waals surface area (Å²) < 4.78 is 5.28. The standard InChI is InChI=1S/C17H17N3O3S/c1-23-17(6-7-17)15(22)20-16-19-13(9-24-16)11-2-4-12-10(8-11)3-5-14(21)18-12/h2,4,8-9H,3,5-7H2,1H3,(H,18,21)(H,19,20,22). The minimum Gasteiger partial charge on any atom is -0.368 e. The summed E-state index contributed by atoms with van der Waals surface area (Å²) in [6, 6.07) is 5.89. The Balaban J connectivity index is 1.53. The number of anilines is 2. The van der Waals surface area contributed by atoms with Crippen molar-refractivity contribution in [3.8, 4) is 11.3 Å². The molecule has 0 atom stereocenters. The molecule has 0 spiro atoms. The van der Waals surface area contributed by atoms with Gasteiger partial charge in [0.25, 0.3) is 5.91 Å². The lowest BCUT2D eigenvalue weighted by Crippen LogP contribution is -2.31. The number of rotatable bonds is 4. The highest BCUT2D eigenvalue weighted by atomic mass is 32.1. The topological polar surface area (TPSA) is 80.3 Å². The van der Waals surface area contributed by atoms with Crippen LogP contribution in [0.1, 0.15) is 24.8 Å². The predicted molar refractivity (Wildman–Crippen MR) is 92.1 cm³/mol. The van der Waals surface area contributed by atoms with Crippen molar-refractivity contribution in [3.63, 3.8) is 0 Å². The van der Waals surface area contributed by atoms with E-state index in [9.17, 15) is 9.59 Å². The van der Waals surface area contributed by atoms with Crippen LogP contribution >= 0.6 is 11.3 Å². The fourth-order valence-electron chi connectivity index (χ4n) is 2.85. The van der Waals surface area contributed by atoms with Gasteiger partial charge in [-0.2, -0.15) is 0 Å². The summed E-state index contributed by atoms with van der Waals surface area (Å²) >= 11 is 1.40. The molecule has 6 nitrogen and oxygen atoms in total. The van der Waals surface area contributed by atoms with Crippen molar-refractivity contribution in [3.05, 3.63) is 29.1 Å². The van der Waals surface area contributed by atoms with Gasteiger partial charge in [0.15, 0.2) is 5.13 Å². The largest absolute Gasteiger partial charge is 0.368 e. The van der Waals surface area contributed by atoms with Crippen LogP contribution in [0.5, 0.6) is 0 Å². The molecule has 124 valence electrons. The molecule has 1 fully saturated rings. The van der Waals surface area contributed by atoms with Crippen LogP contribution in [-0.2, 0) is 20.7 Å². The average molecular weight is 343 g/mol. The van der Waals surface area contributed by atoms with E-state index in [2.05, 4.69) is 15.6 Å². The number of nitrogens with zero attached hydrogens (tertiary/aromatic N) is 1. The van der Waals surface area contributed by atoms with E-state index in [0.29, 0.717) is 11.6 Å². The summed E-state index contributed by atoms with van der Waals surface area (Å²) in [5.74, 6) is -0.0693. The zero-order valence-corrected chi connectivity index (χ0v) is 14.0. The number of carbonyl (C=O) groups is 2. The molecular weight excluding hydrogens is 326 g/mol. The zero-order valence-electron chi connectivity index (χ0n) is 13.2. The van der Waals surface area contributed by atoms with Crippen molar-refractivity contribution in [1.82, 2.24) is 4.98 Å². The molecule has 24 heavy (non-hydrogen) atoms. The number of hydrogen-bond donors (Lipinski definition) is 2. The molecule has 1 aromatic heterocycles. The van der Waals surface area contributed by atoms with Crippen molar-refractivity contribution in [1.29, 1.82) is 0 Å². The van der Waals surface area contributed by atoms with Crippen LogP contribution in [0.2, 0.25) is 0 Å². The summed E-state index contributed by atoms with van der Waals surface area (Å²) in [5, 5.41) is 8.21. The van der Waals surface area contributed by atoms with Gasteiger partial charge in [-0.15, -0.1) is 11.3 Å². The fourth-order valence-corrected chi connectivity index (χ4v) is 3.57. The Hall–Kier alpha value is -2.25. The van der Waals surface area contributed by atoms with Gasteiger partial charge in [-0.3, -0.25) is 14.9 Å². The molecule has 1 saturated carbocycles. The second-order valence-corrected chi connectivity index (χ2v) is 6.97. The second-order valence-electron chi connectivity index (χ2n) is 6.11. The molecule has 1 aliphatic heterocycles. The van der Waals surface area contributed by atoms with Gasteiger partial charge in [0.2, 0.25) is 5.91 Å². The monoisotopic (exact) mass is 343 g/mol. The van der Waals surface area contributed by atoms with Gasteiger partial charge in [-0.1, -0.05) is 6.07 Å². The number of nitrogens with one attached hydrogen (secondary N) is 2. The number of benzene rings is 1. The minimum absolute atomic E-state index is 0.0565. The van der Waals surface area contributed by atoms with Crippen LogP contribution in [-0.4, -0.2) is 29.5 Å². The Morgan fingerprint density at radius 2 is 2.21 bits per heavy atom. The predicted octanol–water partition coefficient (Wildman–Crippen LogP) is 2.81. The molecule has 2 aliphatic rings. The van der Waals surface area contributed by atoms with E-state index in [0.717, 1.165) is 41.8 Å². The molecule has 0 bridgehead atoms. The van der Waals surface area contributed by atoms with Crippen LogP contribution in [0.25, 0.3) is 11.3 Å². The quantitative estimate of drug-likeness (QED) is 0.894. The zero-order chi connectivity index (χ0) is 16.7. The van der Waals surface area contributed by atoms with Gasteiger partial charge in [0.05, 0.1) is 5.69 Å². The van der Waals surface area contributed by atoms with Crippen molar-refractivity contribution in [2.45, 2.75) is 31.3 Å². The first kappa shape index (κ1) is 15.3. The van der Waals surface area contributed by atoms with E-state index in [1.54, 1.807) is 7.11 Å². The third-order valence-electron chi connectivity index (χ3n) is 4.53. The lowest BCUT2D eigenvalue weighted by atomic mass is 9.99. The van der Waals surface area contributed by atoms with Crippen molar-refractivity contribution >= 4 is 34.0 Å². The second kappa shape index (κ2) is 5.68. The van der Waals surface area contributed by atoms with E-state index in [1.807, 2.05) is 23.6 Å². The van der Waals surface area contributed by atoms with Crippen LogP contribution in [0.3, 0.4) is 0 Å². The van der Waals surface area contributed by atoms with Gasteiger partial charge in [0, 0.05) is 30.2 Å². The van der Waals surface area contributed by atoms with E-state index < -0.39 is 5.60 Å². The number of hydrogen-bond acceptors (Lipinski definition) is 5. The maximum atomic E-state index is 12.2. The van der Waals surface area contributed by atoms with E-state index >= 15 is 0 Å². The molecule has 7 heteroatoms. The molecule has 1 aromatic carbocycles. The maximum absolute atomic E-state index is 12.2. The van der Waals surface area contributed by atoms with E-state index in [-0.39, 0.29) is 11.8 Å². The molecule has 2 heterocycles. The summed E-state index contributed by atoms with van der Waals surface area (Å²) in [6.07, 6.45) is 2.75. The Morgan fingerprint density at radius 1 is 1.38 bits per heavy atom. The van der Waals surface area contributed by atoms with Gasteiger partial charge < -0.3 is 10.1 Å². The molecule has 4 rings (SSSR count). The molecule has 2 N–H and O–H groups in total. The number of aromatic nitrogens is 1. The molecule has 2 amide bonds. The first-order valence-electron chi connectivity index (χ1n) is 7.85. The molecule has 0 unspecified atom stereocenters. The van der Waals surface area contributed by atoms with Crippen LogP contribution in [0.4, 0.5) is 10.8 Å². The van der Waals surface area contributed by atoms with Gasteiger partial charge >= 0.3 is 0 Å². The van der Waals surface area contributed by atoms with Gasteiger partial charge in [-0.05, 0) is 37.0 Å². The Labute approximate surface area is 143 Å². The Kier molecular flexibility index (Phi) is 3.62. The summed E-state index contributed by atoms with van der Waals surface area (Å²) in [4.78, 5) is 28.1. The normalized spacial score (nSPS) is 17.8. The number of fused-ring (bicyclic) bond motifs is 1. The first-order valence-corrected chi connectivity index (χ1v) is 8.73. The molecular formula is C17H17N3O3S. The third-order valence-corrected chi connectivity index (χ3v) is 5.29. The molecule has 0 saturated heterocycles. The van der Waals surface area contributed by atoms with Crippen LogP contribution < -0.4 is 10.6 Å². The summed E-state index contributed by atoms with van der Waals surface area (Å²) in [7, 11) is 1.56. The van der Waals surface area contributed by atoms with Crippen LogP contribution in [0, 0.1) is 0 Å². The summed E-state index contributed by atoms with van der Waals surface area (Å²) in [6.45, 7) is 0. The average Bonchev–Trinajstić information content (AvgIpc) is 3.27. The Morgan fingerprint density at radius 3 is 2.96 bits per heavy atom. The van der Waals surface area contributed by atoms with Gasteiger partial charge in [0.1, 0.15) is 5.60 Å². The molecule has 1 aliphatic carbocycles. The number of thiazole rings is 1. The lowest BCUT2D eigenvalue weighted by Gasteiger charge is -2.17. The smallest absolute Gasteiger partial charge is 0.258 e. The first-order chi connectivity index (χ1) is 11.6. The summed E-state index contributed by atoms with van der Waals surface area (Å²) in [5.41, 5.74) is 3.12.